The topological polar surface area (TPSA) is 111 Å². The van der Waals surface area contributed by atoms with Gasteiger partial charge in [0.1, 0.15) is 11.2 Å². The molecule has 0 saturated carbocycles. The van der Waals surface area contributed by atoms with Crippen LogP contribution in [0.3, 0.4) is 0 Å². The number of fused-ring (bicyclic) bond motifs is 1. The maximum absolute atomic E-state index is 10.8. The van der Waals surface area contributed by atoms with E-state index in [0.717, 1.165) is 0 Å². The van der Waals surface area contributed by atoms with Crippen molar-refractivity contribution in [2.45, 2.75) is 13.8 Å². The van der Waals surface area contributed by atoms with Crippen molar-refractivity contribution in [1.82, 2.24) is 9.97 Å². The molecule has 0 aromatic carbocycles. The number of carbonyl (C=O) groups excluding carboxylic acids is 2. The molecule has 1 aromatic rings. The third-order valence-corrected chi connectivity index (χ3v) is 1.56. The van der Waals surface area contributed by atoms with Gasteiger partial charge in [-0.3, -0.25) is 4.79 Å². The Labute approximate surface area is 84.8 Å². The molecule has 0 atom stereocenters. The normalized spacial score (nSPS) is 11.7. The van der Waals surface area contributed by atoms with Crippen molar-refractivity contribution in [3.05, 3.63) is 22.4 Å². The van der Waals surface area contributed by atoms with Gasteiger partial charge in [0.25, 0.3) is 0 Å². The monoisotopic (exact) mass is 207 g/mol. The zero-order valence-electron chi connectivity index (χ0n) is 8.26. The molecule has 2 heterocycles. The predicted molar refractivity (Wildman–Crippen MR) is 49.5 cm³/mol. The highest BCUT2D eigenvalue weighted by atomic mass is 16.2. The Morgan fingerprint density at radius 1 is 1.20 bits per heavy atom. The number of hydrogen-bond acceptors (Lipinski definition) is 4. The lowest BCUT2D eigenvalue weighted by molar-refractivity contribution is -0.106. The summed E-state index contributed by atoms with van der Waals surface area (Å²) in [6, 6.07) is -0.493. The number of urea groups is 1. The maximum Gasteiger partial charge on any atom is 0.369 e. The van der Waals surface area contributed by atoms with Gasteiger partial charge in [0.15, 0.2) is 5.49 Å². The van der Waals surface area contributed by atoms with Crippen molar-refractivity contribution >= 4 is 12.4 Å². The van der Waals surface area contributed by atoms with Crippen LogP contribution in [-0.2, 0) is 4.79 Å². The standard InChI is InChI=1S/C7H6N4O.CH3NO/c1-3-5-6(9-4(2)8-3)11-7(12)10-5;2-1-3/h1-2H3;1H,(H2,2,3). The summed E-state index contributed by atoms with van der Waals surface area (Å²) in [6.45, 7) is 3.54. The number of rotatable bonds is 0. The maximum atomic E-state index is 10.8. The van der Waals surface area contributed by atoms with Gasteiger partial charge in [0.05, 0.1) is 5.69 Å². The Morgan fingerprint density at radius 2 is 1.80 bits per heavy atom. The van der Waals surface area contributed by atoms with Crippen LogP contribution in [0, 0.1) is 13.8 Å². The zero-order valence-corrected chi connectivity index (χ0v) is 8.26. The number of aryl methyl sites for hydroxylation is 2. The van der Waals surface area contributed by atoms with Crippen molar-refractivity contribution in [2.75, 3.05) is 0 Å². The molecule has 0 fully saturated rings. The molecule has 0 spiro atoms. The molecule has 0 saturated heterocycles. The Morgan fingerprint density at radius 3 is 2.40 bits per heavy atom. The first-order valence-electron chi connectivity index (χ1n) is 4.06. The fourth-order valence-corrected chi connectivity index (χ4v) is 1.11. The summed E-state index contributed by atoms with van der Waals surface area (Å²) >= 11 is 0. The number of carbonyl (C=O) groups is 2. The molecule has 0 aliphatic carbocycles. The summed E-state index contributed by atoms with van der Waals surface area (Å²) in [5, 5.41) is 0.505. The van der Waals surface area contributed by atoms with Gasteiger partial charge in [0, 0.05) is 0 Å². The molecule has 1 aliphatic rings. The fourth-order valence-electron chi connectivity index (χ4n) is 1.11. The second kappa shape index (κ2) is 4.36. The minimum atomic E-state index is -0.493. The van der Waals surface area contributed by atoms with Crippen LogP contribution in [0.15, 0.2) is 9.98 Å². The number of nitrogens with zero attached hydrogens (tertiary/aromatic N) is 4. The number of primary amides is 1. The van der Waals surface area contributed by atoms with Gasteiger partial charge < -0.3 is 5.73 Å². The Kier molecular flexibility index (Phi) is 3.17. The smallest absolute Gasteiger partial charge is 0.369 e. The lowest BCUT2D eigenvalue weighted by atomic mass is 10.4. The molecule has 2 rings (SSSR count). The molecule has 0 bridgehead atoms. The van der Waals surface area contributed by atoms with Crippen LogP contribution in [0.4, 0.5) is 4.79 Å². The van der Waals surface area contributed by atoms with Crippen LogP contribution in [0.5, 0.6) is 0 Å². The van der Waals surface area contributed by atoms with E-state index in [-0.39, 0.29) is 6.41 Å². The van der Waals surface area contributed by atoms with Crippen LogP contribution in [0.25, 0.3) is 0 Å². The number of amides is 3. The average Bonchev–Trinajstić information content (AvgIpc) is 2.47. The van der Waals surface area contributed by atoms with E-state index in [0.29, 0.717) is 22.4 Å². The molecule has 0 radical (unpaired) electrons. The largest absolute Gasteiger partial charge is 0.372 e. The summed E-state index contributed by atoms with van der Waals surface area (Å²) in [5.41, 5.74) is 5.26. The van der Waals surface area contributed by atoms with Gasteiger partial charge in [-0.25, -0.2) is 14.8 Å². The van der Waals surface area contributed by atoms with E-state index < -0.39 is 6.03 Å². The molecule has 78 valence electrons. The van der Waals surface area contributed by atoms with Gasteiger partial charge in [-0.1, -0.05) is 0 Å². The molecule has 0 unspecified atom stereocenters. The Balaban J connectivity index is 0.000000337. The molecule has 7 heteroatoms. The van der Waals surface area contributed by atoms with Crippen LogP contribution in [-0.4, -0.2) is 22.4 Å². The van der Waals surface area contributed by atoms with Gasteiger partial charge >= 0.3 is 6.03 Å². The second-order valence-corrected chi connectivity index (χ2v) is 2.67. The van der Waals surface area contributed by atoms with E-state index in [1.807, 2.05) is 0 Å². The summed E-state index contributed by atoms with van der Waals surface area (Å²) in [7, 11) is 0. The predicted octanol–water partition coefficient (Wildman–Crippen LogP) is -1.43. The zero-order chi connectivity index (χ0) is 11.4. The molecular formula is C8H9N5O2. The van der Waals surface area contributed by atoms with Crippen LogP contribution in [0.1, 0.15) is 11.5 Å². The first-order chi connectivity index (χ1) is 7.08. The second-order valence-electron chi connectivity index (χ2n) is 2.67. The highest BCUT2D eigenvalue weighted by Crippen LogP contribution is 1.87. The quantitative estimate of drug-likeness (QED) is 0.525. The van der Waals surface area contributed by atoms with E-state index in [2.05, 4.69) is 25.7 Å². The van der Waals surface area contributed by atoms with Crippen molar-refractivity contribution < 1.29 is 9.59 Å². The first kappa shape index (κ1) is 10.9. The van der Waals surface area contributed by atoms with Crippen LogP contribution < -0.4 is 16.6 Å². The first-order valence-corrected chi connectivity index (χ1v) is 4.06. The van der Waals surface area contributed by atoms with Gasteiger partial charge in [-0.2, -0.15) is 9.98 Å². The van der Waals surface area contributed by atoms with Gasteiger partial charge in [0.2, 0.25) is 6.41 Å². The molecular weight excluding hydrogens is 198 g/mol. The number of nitrogens with two attached hydrogens (primary N) is 1. The molecule has 1 aromatic heterocycles. The third kappa shape index (κ3) is 2.39. The average molecular weight is 207 g/mol. The minimum Gasteiger partial charge on any atom is -0.372 e. The van der Waals surface area contributed by atoms with Gasteiger partial charge in [-0.05, 0) is 13.8 Å². The highest BCUT2D eigenvalue weighted by Gasteiger charge is 2.09. The van der Waals surface area contributed by atoms with Crippen molar-refractivity contribution in [1.29, 1.82) is 0 Å². The number of hydrogen-bond donors (Lipinski definition) is 1. The number of aromatic nitrogens is 2. The van der Waals surface area contributed by atoms with Crippen molar-refractivity contribution in [3.8, 4) is 0 Å². The molecule has 1 aliphatic heterocycles. The van der Waals surface area contributed by atoms with Gasteiger partial charge in [-0.15, -0.1) is 0 Å². The Bertz CT molecular complexity index is 523. The van der Waals surface area contributed by atoms with E-state index in [1.165, 1.54) is 0 Å². The highest BCUT2D eigenvalue weighted by molar-refractivity contribution is 5.77. The molecule has 2 N–H and O–H groups in total. The molecule has 3 amide bonds. The van der Waals surface area contributed by atoms with E-state index in [4.69, 9.17) is 4.79 Å². The molecule has 15 heavy (non-hydrogen) atoms. The lowest BCUT2D eigenvalue weighted by Gasteiger charge is -1.91. The van der Waals surface area contributed by atoms with Crippen molar-refractivity contribution in [3.63, 3.8) is 0 Å². The van der Waals surface area contributed by atoms with Crippen LogP contribution >= 0.6 is 0 Å². The summed E-state index contributed by atoms with van der Waals surface area (Å²) in [6.07, 6.45) is 0.250. The summed E-state index contributed by atoms with van der Waals surface area (Å²) in [4.78, 5) is 34.7. The summed E-state index contributed by atoms with van der Waals surface area (Å²) in [5.74, 6) is 0.611. The summed E-state index contributed by atoms with van der Waals surface area (Å²) < 4.78 is 0. The Hall–Kier alpha value is -2.18. The van der Waals surface area contributed by atoms with E-state index in [1.54, 1.807) is 13.8 Å². The van der Waals surface area contributed by atoms with E-state index >= 15 is 0 Å². The minimum absolute atomic E-state index is 0.250. The fraction of sp³-hybridized carbons (Fsp3) is 0.250. The van der Waals surface area contributed by atoms with Crippen molar-refractivity contribution in [2.24, 2.45) is 15.7 Å². The molecule has 7 nitrogen and oxygen atoms in total. The lowest BCUT2D eigenvalue weighted by Crippen LogP contribution is -2.30. The van der Waals surface area contributed by atoms with Crippen LogP contribution in [0.2, 0.25) is 0 Å². The van der Waals surface area contributed by atoms with E-state index in [9.17, 15) is 4.79 Å². The SMILES string of the molecule is Cc1nc(C)c2c(n1)=NC(=O)N=2.NC=O. The third-order valence-electron chi connectivity index (χ3n) is 1.56.